The van der Waals surface area contributed by atoms with Gasteiger partial charge in [-0.25, -0.2) is 8.42 Å². The quantitative estimate of drug-likeness (QED) is 0.746. The molecule has 0 aromatic heterocycles. The normalized spacial score (nSPS) is 12.8. The Labute approximate surface area is 156 Å². The van der Waals surface area contributed by atoms with E-state index in [1.54, 1.807) is 19.1 Å². The zero-order valence-corrected chi connectivity index (χ0v) is 16.4. The summed E-state index contributed by atoms with van der Waals surface area (Å²) < 4.78 is 23.8. The summed E-state index contributed by atoms with van der Waals surface area (Å²) in [7, 11) is -3.26. The van der Waals surface area contributed by atoms with E-state index in [0.29, 0.717) is 11.5 Å². The summed E-state index contributed by atoms with van der Waals surface area (Å²) in [6.45, 7) is 5.86. The molecule has 2 aromatic rings. The van der Waals surface area contributed by atoms with Gasteiger partial charge in [0.2, 0.25) is 0 Å². The molecule has 140 valence electrons. The van der Waals surface area contributed by atoms with E-state index in [0.717, 1.165) is 18.4 Å². The summed E-state index contributed by atoms with van der Waals surface area (Å²) in [4.78, 5) is 13.0. The number of sulfone groups is 1. The fourth-order valence-corrected chi connectivity index (χ4v) is 3.98. The lowest BCUT2D eigenvalue weighted by Gasteiger charge is -2.27. The number of carbonyl (C=O) groups is 1. The molecule has 1 unspecified atom stereocenters. The summed E-state index contributed by atoms with van der Waals surface area (Å²) in [5.41, 5.74) is 1.55. The van der Waals surface area contributed by atoms with E-state index >= 15 is 0 Å². The molecule has 1 N–H and O–H groups in total. The molecule has 1 amide bonds. The topological polar surface area (TPSA) is 63.2 Å². The van der Waals surface area contributed by atoms with Crippen molar-refractivity contribution >= 4 is 15.7 Å². The fraction of sp³-hybridized carbons (Fsp3) is 0.381. The Morgan fingerprint density at radius 1 is 0.923 bits per heavy atom. The highest BCUT2D eigenvalue weighted by atomic mass is 32.2. The molecular formula is C21H27NO3S. The van der Waals surface area contributed by atoms with Crippen LogP contribution in [0.3, 0.4) is 0 Å². The number of amides is 1. The van der Waals surface area contributed by atoms with Crippen molar-refractivity contribution in [1.82, 2.24) is 5.32 Å². The van der Waals surface area contributed by atoms with Crippen LogP contribution in [0.25, 0.3) is 0 Å². The molecule has 0 heterocycles. The second-order valence-corrected chi connectivity index (χ2v) is 8.64. The molecule has 2 aromatic carbocycles. The minimum atomic E-state index is -3.26. The minimum absolute atomic E-state index is 0.0449. The van der Waals surface area contributed by atoms with Gasteiger partial charge >= 0.3 is 0 Å². The first kappa shape index (κ1) is 20.2. The van der Waals surface area contributed by atoms with Gasteiger partial charge in [-0.15, -0.1) is 0 Å². The fourth-order valence-electron chi connectivity index (χ4n) is 3.10. The molecule has 0 saturated heterocycles. The van der Waals surface area contributed by atoms with Crippen LogP contribution in [0.15, 0.2) is 59.5 Å². The molecule has 0 aliphatic heterocycles. The van der Waals surface area contributed by atoms with Crippen LogP contribution in [0.4, 0.5) is 0 Å². The maximum absolute atomic E-state index is 12.7. The Morgan fingerprint density at radius 2 is 1.50 bits per heavy atom. The molecule has 0 spiro atoms. The van der Waals surface area contributed by atoms with Gasteiger partial charge in [-0.1, -0.05) is 63.9 Å². The Bertz CT molecular complexity index is 810. The molecule has 0 bridgehead atoms. The molecular weight excluding hydrogens is 346 g/mol. The van der Waals surface area contributed by atoms with E-state index in [1.165, 1.54) is 12.1 Å². The lowest BCUT2D eigenvalue weighted by atomic mass is 9.88. The molecule has 5 heteroatoms. The van der Waals surface area contributed by atoms with E-state index in [2.05, 4.69) is 19.2 Å². The smallest absolute Gasteiger partial charge is 0.251 e. The monoisotopic (exact) mass is 373 g/mol. The minimum Gasteiger partial charge on any atom is -0.345 e. The Kier molecular flexibility index (Phi) is 6.98. The van der Waals surface area contributed by atoms with Crippen LogP contribution in [0.5, 0.6) is 0 Å². The molecule has 0 saturated carbocycles. The standard InChI is InChI=1S/C21H27NO3S/c1-4-16(5-2)20(17-10-8-7-9-11-17)22-21(23)18-12-14-19(15-13-18)26(24,25)6-3/h7-16,20H,4-6H2,1-3H3,(H,22,23). The SMILES string of the molecule is CCC(CC)C(NC(=O)c1ccc(S(=O)(=O)CC)cc1)c1ccccc1. The molecule has 0 radical (unpaired) electrons. The van der Waals surface area contributed by atoms with Crippen molar-refractivity contribution in [2.24, 2.45) is 5.92 Å². The van der Waals surface area contributed by atoms with Gasteiger partial charge < -0.3 is 5.32 Å². The predicted octanol–water partition coefficient (Wildman–Crippen LogP) is 4.39. The first-order valence-corrected chi connectivity index (χ1v) is 10.8. The highest BCUT2D eigenvalue weighted by Crippen LogP contribution is 2.27. The number of hydrogen-bond donors (Lipinski definition) is 1. The zero-order chi connectivity index (χ0) is 19.2. The molecule has 0 aliphatic rings. The van der Waals surface area contributed by atoms with Gasteiger partial charge in [0.25, 0.3) is 5.91 Å². The number of rotatable bonds is 8. The number of nitrogens with one attached hydrogen (secondary N) is 1. The highest BCUT2D eigenvalue weighted by molar-refractivity contribution is 7.91. The van der Waals surface area contributed by atoms with E-state index in [9.17, 15) is 13.2 Å². The molecule has 0 aliphatic carbocycles. The van der Waals surface area contributed by atoms with E-state index in [4.69, 9.17) is 0 Å². The summed E-state index contributed by atoms with van der Waals surface area (Å²) >= 11 is 0. The third kappa shape index (κ3) is 4.73. The van der Waals surface area contributed by atoms with Gasteiger partial charge in [0.15, 0.2) is 9.84 Å². The van der Waals surface area contributed by atoms with E-state index in [-0.39, 0.29) is 22.6 Å². The van der Waals surface area contributed by atoms with Crippen molar-refractivity contribution in [1.29, 1.82) is 0 Å². The zero-order valence-electron chi connectivity index (χ0n) is 15.6. The first-order chi connectivity index (χ1) is 12.4. The molecule has 26 heavy (non-hydrogen) atoms. The van der Waals surface area contributed by atoms with Crippen molar-refractivity contribution in [3.05, 3.63) is 65.7 Å². The summed E-state index contributed by atoms with van der Waals surface area (Å²) in [6, 6.07) is 16.0. The average Bonchev–Trinajstić information content (AvgIpc) is 2.68. The number of hydrogen-bond acceptors (Lipinski definition) is 3. The lowest BCUT2D eigenvalue weighted by molar-refractivity contribution is 0.0919. The predicted molar refractivity (Wildman–Crippen MR) is 105 cm³/mol. The van der Waals surface area contributed by atoms with Gasteiger partial charge in [-0.2, -0.15) is 0 Å². The summed E-state index contributed by atoms with van der Waals surface area (Å²) in [6.07, 6.45) is 1.92. The van der Waals surface area contributed by atoms with Crippen LogP contribution >= 0.6 is 0 Å². The van der Waals surface area contributed by atoms with Crippen molar-refractivity contribution in [3.8, 4) is 0 Å². The van der Waals surface area contributed by atoms with Gasteiger partial charge in [0.1, 0.15) is 0 Å². The van der Waals surface area contributed by atoms with Crippen LogP contribution in [-0.4, -0.2) is 20.1 Å². The van der Waals surface area contributed by atoms with Crippen LogP contribution in [-0.2, 0) is 9.84 Å². The van der Waals surface area contributed by atoms with Gasteiger partial charge in [-0.05, 0) is 35.7 Å². The van der Waals surface area contributed by atoms with E-state index in [1.807, 2.05) is 30.3 Å². The van der Waals surface area contributed by atoms with Crippen LogP contribution < -0.4 is 5.32 Å². The molecule has 1 atom stereocenters. The molecule has 0 fully saturated rings. The van der Waals surface area contributed by atoms with Crippen LogP contribution in [0.2, 0.25) is 0 Å². The third-order valence-electron chi connectivity index (χ3n) is 4.82. The maximum atomic E-state index is 12.7. The van der Waals surface area contributed by atoms with Crippen molar-refractivity contribution in [2.45, 2.75) is 44.6 Å². The van der Waals surface area contributed by atoms with Crippen molar-refractivity contribution in [3.63, 3.8) is 0 Å². The van der Waals surface area contributed by atoms with E-state index < -0.39 is 9.84 Å². The second-order valence-electron chi connectivity index (χ2n) is 6.37. The maximum Gasteiger partial charge on any atom is 0.251 e. The van der Waals surface area contributed by atoms with Crippen LogP contribution in [0, 0.1) is 5.92 Å². The number of carbonyl (C=O) groups excluding carboxylic acids is 1. The van der Waals surface area contributed by atoms with Crippen molar-refractivity contribution < 1.29 is 13.2 Å². The Hall–Kier alpha value is -2.14. The first-order valence-electron chi connectivity index (χ1n) is 9.11. The molecule has 2 rings (SSSR count). The van der Waals surface area contributed by atoms with Gasteiger partial charge in [-0.3, -0.25) is 4.79 Å². The Balaban J connectivity index is 2.24. The van der Waals surface area contributed by atoms with Crippen LogP contribution in [0.1, 0.15) is 55.6 Å². The number of benzene rings is 2. The molecule has 4 nitrogen and oxygen atoms in total. The summed E-state index contributed by atoms with van der Waals surface area (Å²) in [5.74, 6) is 0.191. The second kappa shape index (κ2) is 8.99. The highest BCUT2D eigenvalue weighted by Gasteiger charge is 2.23. The van der Waals surface area contributed by atoms with Gasteiger partial charge in [0.05, 0.1) is 16.7 Å². The average molecular weight is 374 g/mol. The lowest BCUT2D eigenvalue weighted by Crippen LogP contribution is -2.33. The van der Waals surface area contributed by atoms with Gasteiger partial charge in [0, 0.05) is 5.56 Å². The largest absolute Gasteiger partial charge is 0.345 e. The Morgan fingerprint density at radius 3 is 2.00 bits per heavy atom. The third-order valence-corrected chi connectivity index (χ3v) is 6.57. The van der Waals surface area contributed by atoms with Crippen molar-refractivity contribution in [2.75, 3.05) is 5.75 Å². The summed E-state index contributed by atoms with van der Waals surface area (Å²) in [5, 5.41) is 3.14.